The van der Waals surface area contributed by atoms with E-state index in [9.17, 15) is 9.90 Å². The number of aliphatic hydroxyl groups is 1. The van der Waals surface area contributed by atoms with Crippen molar-refractivity contribution in [2.75, 3.05) is 13.1 Å². The van der Waals surface area contributed by atoms with Crippen LogP contribution < -0.4 is 11.1 Å². The third-order valence-electron chi connectivity index (χ3n) is 5.27. The molecule has 0 radical (unpaired) electrons. The summed E-state index contributed by atoms with van der Waals surface area (Å²) < 4.78 is 0. The van der Waals surface area contributed by atoms with E-state index in [0.717, 1.165) is 12.8 Å². The second kappa shape index (κ2) is 8.16. The van der Waals surface area contributed by atoms with Gasteiger partial charge in [-0.3, -0.25) is 0 Å². The number of piperidine rings is 1. The van der Waals surface area contributed by atoms with E-state index in [1.165, 1.54) is 32.1 Å². The highest BCUT2D eigenvalue weighted by Gasteiger charge is 2.32. The topological polar surface area (TPSA) is 78.6 Å². The van der Waals surface area contributed by atoms with Gasteiger partial charge in [0.15, 0.2) is 0 Å². The van der Waals surface area contributed by atoms with Gasteiger partial charge in [-0.25, -0.2) is 4.79 Å². The Morgan fingerprint density at radius 2 is 1.91 bits per heavy atom. The molecule has 22 heavy (non-hydrogen) atoms. The molecular formula is C17H33N3O2. The lowest BCUT2D eigenvalue weighted by Crippen LogP contribution is -2.55. The van der Waals surface area contributed by atoms with Crippen molar-refractivity contribution in [1.82, 2.24) is 10.2 Å². The standard InChI is InChI=1S/C17H33N3O2/c1-12(2)16(21)9-13-8-15(11-20(10-13)17(18)22)19-14-6-4-3-5-7-14/h12-16,19,21H,3-11H2,1-2H3,(H2,18,22). The van der Waals surface area contributed by atoms with E-state index in [-0.39, 0.29) is 18.1 Å². The van der Waals surface area contributed by atoms with E-state index in [1.54, 1.807) is 4.90 Å². The molecule has 4 N–H and O–H groups in total. The summed E-state index contributed by atoms with van der Waals surface area (Å²) in [5, 5.41) is 13.9. The molecule has 128 valence electrons. The summed E-state index contributed by atoms with van der Waals surface area (Å²) in [5.74, 6) is 0.591. The molecule has 5 nitrogen and oxygen atoms in total. The van der Waals surface area contributed by atoms with Crippen molar-refractivity contribution in [3.05, 3.63) is 0 Å². The van der Waals surface area contributed by atoms with Crippen molar-refractivity contribution in [3.63, 3.8) is 0 Å². The minimum Gasteiger partial charge on any atom is -0.393 e. The highest BCUT2D eigenvalue weighted by atomic mass is 16.3. The molecule has 1 saturated carbocycles. The second-order valence-corrected chi connectivity index (χ2v) is 7.59. The first-order valence-corrected chi connectivity index (χ1v) is 8.94. The van der Waals surface area contributed by atoms with Gasteiger partial charge in [0.05, 0.1) is 6.10 Å². The molecule has 0 aromatic heterocycles. The molecule has 5 heteroatoms. The van der Waals surface area contributed by atoms with Crippen molar-refractivity contribution >= 4 is 6.03 Å². The molecule has 1 heterocycles. The first-order chi connectivity index (χ1) is 10.5. The molecule has 0 aromatic rings. The number of carbonyl (C=O) groups is 1. The van der Waals surface area contributed by atoms with Gasteiger partial charge in [-0.05, 0) is 37.5 Å². The third kappa shape index (κ3) is 5.13. The fourth-order valence-corrected chi connectivity index (χ4v) is 3.89. The van der Waals surface area contributed by atoms with Crippen LogP contribution in [0.4, 0.5) is 4.79 Å². The van der Waals surface area contributed by atoms with Crippen LogP contribution in [0.1, 0.15) is 58.8 Å². The molecule has 3 unspecified atom stereocenters. The minimum atomic E-state index is -0.334. The van der Waals surface area contributed by atoms with Gasteiger partial charge in [-0.15, -0.1) is 0 Å². The van der Waals surface area contributed by atoms with Crippen molar-refractivity contribution in [2.24, 2.45) is 17.6 Å². The van der Waals surface area contributed by atoms with Crippen LogP contribution in [0, 0.1) is 11.8 Å². The van der Waals surface area contributed by atoms with Gasteiger partial charge in [0.25, 0.3) is 0 Å². The number of nitrogens with two attached hydrogens (primary N) is 1. The molecule has 2 rings (SSSR count). The van der Waals surface area contributed by atoms with Gasteiger partial charge in [-0.2, -0.15) is 0 Å². The number of nitrogens with one attached hydrogen (secondary N) is 1. The van der Waals surface area contributed by atoms with Gasteiger partial charge in [0, 0.05) is 25.2 Å². The number of urea groups is 1. The van der Waals surface area contributed by atoms with Crippen LogP contribution in [0.5, 0.6) is 0 Å². The highest BCUT2D eigenvalue weighted by molar-refractivity contribution is 5.72. The Hall–Kier alpha value is -0.810. The number of nitrogens with zero attached hydrogens (tertiary/aromatic N) is 1. The van der Waals surface area contributed by atoms with Gasteiger partial charge in [0.2, 0.25) is 0 Å². The fraction of sp³-hybridized carbons (Fsp3) is 0.941. The lowest BCUT2D eigenvalue weighted by Gasteiger charge is -2.40. The smallest absolute Gasteiger partial charge is 0.314 e. The SMILES string of the molecule is CC(C)C(O)CC1CC(NC2CCCCC2)CN(C(N)=O)C1. The first-order valence-electron chi connectivity index (χ1n) is 8.94. The Bertz CT molecular complexity index is 356. The number of carbonyl (C=O) groups excluding carboxylic acids is 1. The lowest BCUT2D eigenvalue weighted by molar-refractivity contribution is 0.0682. The summed E-state index contributed by atoms with van der Waals surface area (Å²) in [4.78, 5) is 13.4. The number of rotatable bonds is 5. The molecule has 0 spiro atoms. The monoisotopic (exact) mass is 311 g/mol. The zero-order valence-corrected chi connectivity index (χ0v) is 14.1. The molecule has 1 aliphatic carbocycles. The Labute approximate surface area is 134 Å². The first kappa shape index (κ1) is 17.5. The van der Waals surface area contributed by atoms with Gasteiger partial charge < -0.3 is 21.1 Å². The quantitative estimate of drug-likeness (QED) is 0.727. The summed E-state index contributed by atoms with van der Waals surface area (Å²) in [6.07, 6.45) is 7.93. The van der Waals surface area contributed by atoms with Crippen LogP contribution in [-0.2, 0) is 0 Å². The number of likely N-dealkylation sites (tertiary alicyclic amines) is 1. The maximum absolute atomic E-state index is 11.6. The number of primary amides is 1. The molecule has 1 aliphatic heterocycles. The minimum absolute atomic E-state index is 0.258. The number of aliphatic hydroxyl groups excluding tert-OH is 1. The molecule has 0 bridgehead atoms. The Morgan fingerprint density at radius 1 is 1.23 bits per heavy atom. The van der Waals surface area contributed by atoms with Crippen LogP contribution >= 0.6 is 0 Å². The van der Waals surface area contributed by atoms with Crippen molar-refractivity contribution in [2.45, 2.75) is 77.0 Å². The van der Waals surface area contributed by atoms with Crippen molar-refractivity contribution in [3.8, 4) is 0 Å². The maximum atomic E-state index is 11.6. The van der Waals surface area contributed by atoms with E-state index in [4.69, 9.17) is 5.73 Å². The normalized spacial score (nSPS) is 28.8. The average molecular weight is 311 g/mol. The van der Waals surface area contributed by atoms with E-state index in [2.05, 4.69) is 5.32 Å². The summed E-state index contributed by atoms with van der Waals surface area (Å²) in [6, 6.07) is 0.565. The molecule has 3 atom stereocenters. The predicted octanol–water partition coefficient (Wildman–Crippen LogP) is 2.08. The highest BCUT2D eigenvalue weighted by Crippen LogP contribution is 2.25. The molecular weight excluding hydrogens is 278 g/mol. The Kier molecular flexibility index (Phi) is 6.50. The summed E-state index contributed by atoms with van der Waals surface area (Å²) in [7, 11) is 0. The van der Waals surface area contributed by atoms with Crippen LogP contribution in [0.15, 0.2) is 0 Å². The zero-order chi connectivity index (χ0) is 16.1. The van der Waals surface area contributed by atoms with E-state index in [1.807, 2.05) is 13.8 Å². The third-order valence-corrected chi connectivity index (χ3v) is 5.27. The Balaban J connectivity index is 1.92. The van der Waals surface area contributed by atoms with Crippen LogP contribution in [0.3, 0.4) is 0 Å². The van der Waals surface area contributed by atoms with Crippen molar-refractivity contribution in [1.29, 1.82) is 0 Å². The van der Waals surface area contributed by atoms with E-state index in [0.29, 0.717) is 31.1 Å². The fourth-order valence-electron chi connectivity index (χ4n) is 3.89. The Morgan fingerprint density at radius 3 is 2.50 bits per heavy atom. The molecule has 1 saturated heterocycles. The van der Waals surface area contributed by atoms with Crippen LogP contribution in [0.25, 0.3) is 0 Å². The number of hydrogen-bond donors (Lipinski definition) is 3. The predicted molar refractivity (Wildman–Crippen MR) is 88.5 cm³/mol. The summed E-state index contributed by atoms with van der Waals surface area (Å²) in [6.45, 7) is 5.47. The van der Waals surface area contributed by atoms with E-state index >= 15 is 0 Å². The van der Waals surface area contributed by atoms with Gasteiger partial charge >= 0.3 is 6.03 Å². The average Bonchev–Trinajstić information content (AvgIpc) is 2.47. The van der Waals surface area contributed by atoms with Crippen LogP contribution in [-0.4, -0.2) is 47.3 Å². The zero-order valence-electron chi connectivity index (χ0n) is 14.1. The van der Waals surface area contributed by atoms with Crippen molar-refractivity contribution < 1.29 is 9.90 Å². The van der Waals surface area contributed by atoms with E-state index < -0.39 is 0 Å². The molecule has 2 fully saturated rings. The molecule has 2 amide bonds. The second-order valence-electron chi connectivity index (χ2n) is 7.59. The summed E-state index contributed by atoms with van der Waals surface area (Å²) >= 11 is 0. The summed E-state index contributed by atoms with van der Waals surface area (Å²) in [5.41, 5.74) is 5.51. The number of amides is 2. The molecule has 2 aliphatic rings. The number of hydrogen-bond acceptors (Lipinski definition) is 3. The van der Waals surface area contributed by atoms with Crippen LogP contribution in [0.2, 0.25) is 0 Å². The van der Waals surface area contributed by atoms with Gasteiger partial charge in [0.1, 0.15) is 0 Å². The largest absolute Gasteiger partial charge is 0.393 e. The van der Waals surface area contributed by atoms with Gasteiger partial charge in [-0.1, -0.05) is 33.1 Å². The maximum Gasteiger partial charge on any atom is 0.314 e. The molecule has 0 aromatic carbocycles. The lowest BCUT2D eigenvalue weighted by atomic mass is 9.86.